The molecule has 0 aromatic heterocycles. The SMILES string of the molecule is N#CCCOP(=O)(O)OCC(=O)[C@@H](O)[C@H](O)[C@@H](O)CO. The van der Waals surface area contributed by atoms with Gasteiger partial charge in [0.2, 0.25) is 0 Å². The number of carbonyl (C=O) groups is 1. The molecular weight excluding hydrogens is 297 g/mol. The molecule has 0 aliphatic heterocycles. The fraction of sp³-hybridized carbons (Fsp3) is 0.778. The first kappa shape index (κ1) is 19.1. The summed E-state index contributed by atoms with van der Waals surface area (Å²) in [6.07, 6.45) is -5.97. The minimum atomic E-state index is -4.55. The summed E-state index contributed by atoms with van der Waals surface area (Å²) in [5, 5.41) is 44.2. The molecule has 0 rings (SSSR count). The van der Waals surface area contributed by atoms with Crippen molar-refractivity contribution in [2.75, 3.05) is 19.8 Å². The van der Waals surface area contributed by atoms with E-state index in [-0.39, 0.29) is 13.0 Å². The highest BCUT2D eigenvalue weighted by atomic mass is 31.2. The van der Waals surface area contributed by atoms with Crippen LogP contribution >= 0.6 is 7.82 Å². The molecular formula is C9H16NO9P. The molecule has 10 nitrogen and oxygen atoms in total. The zero-order valence-electron chi connectivity index (χ0n) is 10.3. The second-order valence-electron chi connectivity index (χ2n) is 3.63. The summed E-state index contributed by atoms with van der Waals surface area (Å²) in [6.45, 7) is -2.33. The summed E-state index contributed by atoms with van der Waals surface area (Å²) < 4.78 is 19.7. The van der Waals surface area contributed by atoms with Gasteiger partial charge in [-0.3, -0.25) is 13.8 Å². The monoisotopic (exact) mass is 313 g/mol. The molecule has 0 saturated carbocycles. The maximum atomic E-state index is 11.3. The van der Waals surface area contributed by atoms with Crippen LogP contribution in [0.15, 0.2) is 0 Å². The first-order valence-corrected chi connectivity index (χ1v) is 6.91. The van der Waals surface area contributed by atoms with E-state index in [1.54, 1.807) is 6.07 Å². The maximum absolute atomic E-state index is 11.3. The average molecular weight is 313 g/mol. The summed E-state index contributed by atoms with van der Waals surface area (Å²) in [5.41, 5.74) is 0. The molecule has 0 aromatic carbocycles. The number of phosphoric acid groups is 1. The van der Waals surface area contributed by atoms with Gasteiger partial charge in [-0.15, -0.1) is 0 Å². The average Bonchev–Trinajstić information content (AvgIpc) is 2.42. The van der Waals surface area contributed by atoms with Crippen LogP contribution in [0.4, 0.5) is 0 Å². The number of carbonyl (C=O) groups excluding carboxylic acids is 1. The van der Waals surface area contributed by atoms with E-state index in [0.717, 1.165) is 0 Å². The van der Waals surface area contributed by atoms with Gasteiger partial charge in [-0.05, 0) is 0 Å². The number of hydrogen-bond donors (Lipinski definition) is 5. The van der Waals surface area contributed by atoms with Crippen LogP contribution in [0.3, 0.4) is 0 Å². The van der Waals surface area contributed by atoms with Crippen molar-refractivity contribution in [3.8, 4) is 6.07 Å². The van der Waals surface area contributed by atoms with E-state index in [2.05, 4.69) is 9.05 Å². The van der Waals surface area contributed by atoms with Crippen LogP contribution in [0.1, 0.15) is 6.42 Å². The lowest BCUT2D eigenvalue weighted by molar-refractivity contribution is -0.142. The first-order valence-electron chi connectivity index (χ1n) is 5.41. The van der Waals surface area contributed by atoms with E-state index in [9.17, 15) is 19.6 Å². The van der Waals surface area contributed by atoms with E-state index in [4.69, 9.17) is 20.4 Å². The van der Waals surface area contributed by atoms with E-state index >= 15 is 0 Å². The third-order valence-electron chi connectivity index (χ3n) is 2.07. The summed E-state index contributed by atoms with van der Waals surface area (Å²) >= 11 is 0. The van der Waals surface area contributed by atoms with Gasteiger partial charge >= 0.3 is 7.82 Å². The highest BCUT2D eigenvalue weighted by Crippen LogP contribution is 2.43. The summed E-state index contributed by atoms with van der Waals surface area (Å²) in [4.78, 5) is 20.4. The molecule has 0 heterocycles. The van der Waals surface area contributed by atoms with Crippen molar-refractivity contribution in [1.82, 2.24) is 0 Å². The Bertz CT molecular complexity index is 395. The molecule has 20 heavy (non-hydrogen) atoms. The number of ketones is 1. The standard InChI is InChI=1S/C9H16NO9P/c10-2-1-3-18-20(16,17)19-5-7(13)9(15)8(14)6(12)4-11/h6,8-9,11-12,14-15H,1,3-5H2,(H,16,17)/t6-,8+,9+/m0/s1. The highest BCUT2D eigenvalue weighted by Gasteiger charge is 2.32. The van der Waals surface area contributed by atoms with Gasteiger partial charge in [-0.2, -0.15) is 5.26 Å². The molecule has 0 aromatic rings. The summed E-state index contributed by atoms with van der Waals surface area (Å²) in [7, 11) is -4.55. The van der Waals surface area contributed by atoms with Gasteiger partial charge in [-0.1, -0.05) is 0 Å². The van der Waals surface area contributed by atoms with Crippen molar-refractivity contribution in [3.63, 3.8) is 0 Å². The quantitative estimate of drug-likeness (QED) is 0.217. The molecule has 0 amide bonds. The number of rotatable bonds is 10. The fourth-order valence-corrected chi connectivity index (χ4v) is 1.67. The molecule has 0 saturated heterocycles. The predicted octanol–water partition coefficient (Wildman–Crippen LogP) is -2.32. The van der Waals surface area contributed by atoms with Gasteiger partial charge in [-0.25, -0.2) is 4.57 Å². The van der Waals surface area contributed by atoms with Crippen LogP contribution < -0.4 is 0 Å². The van der Waals surface area contributed by atoms with Crippen molar-refractivity contribution >= 4 is 13.6 Å². The van der Waals surface area contributed by atoms with Gasteiger partial charge in [0.15, 0.2) is 5.78 Å². The van der Waals surface area contributed by atoms with Crippen LogP contribution in [-0.4, -0.2) is 69.2 Å². The Morgan fingerprint density at radius 1 is 1.30 bits per heavy atom. The number of nitrogens with zero attached hydrogens (tertiary/aromatic N) is 1. The lowest BCUT2D eigenvalue weighted by atomic mass is 10.1. The number of Topliss-reactive ketones (excluding diaryl/α,β-unsaturated/α-hetero) is 1. The highest BCUT2D eigenvalue weighted by molar-refractivity contribution is 7.47. The molecule has 0 spiro atoms. The Morgan fingerprint density at radius 3 is 2.40 bits per heavy atom. The van der Waals surface area contributed by atoms with Crippen LogP contribution in [0.2, 0.25) is 0 Å². The molecule has 11 heteroatoms. The number of hydrogen-bond acceptors (Lipinski definition) is 9. The van der Waals surface area contributed by atoms with Crippen molar-refractivity contribution in [1.29, 1.82) is 5.26 Å². The second kappa shape index (κ2) is 9.12. The fourth-order valence-electron chi connectivity index (χ4n) is 0.983. The molecule has 4 atom stereocenters. The molecule has 0 radical (unpaired) electrons. The Hall–Kier alpha value is -0.890. The number of phosphoric ester groups is 1. The topological polar surface area (TPSA) is 178 Å². The van der Waals surface area contributed by atoms with Gasteiger partial charge in [0.05, 0.1) is 25.7 Å². The third kappa shape index (κ3) is 7.04. The smallest absolute Gasteiger partial charge is 0.394 e. The van der Waals surface area contributed by atoms with Gasteiger partial charge in [0.25, 0.3) is 0 Å². The Kier molecular flexibility index (Phi) is 8.71. The molecule has 0 bridgehead atoms. The van der Waals surface area contributed by atoms with Gasteiger partial charge in [0.1, 0.15) is 24.9 Å². The second-order valence-corrected chi connectivity index (χ2v) is 5.09. The Morgan fingerprint density at radius 2 is 1.90 bits per heavy atom. The third-order valence-corrected chi connectivity index (χ3v) is 3.04. The van der Waals surface area contributed by atoms with E-state index in [1.807, 2.05) is 0 Å². The largest absolute Gasteiger partial charge is 0.472 e. The minimum Gasteiger partial charge on any atom is -0.394 e. The first-order chi connectivity index (χ1) is 9.25. The van der Waals surface area contributed by atoms with Gasteiger partial charge in [0, 0.05) is 0 Å². The van der Waals surface area contributed by atoms with Crippen LogP contribution in [-0.2, 0) is 18.4 Å². The van der Waals surface area contributed by atoms with Crippen molar-refractivity contribution in [3.05, 3.63) is 0 Å². The number of aliphatic hydroxyl groups excluding tert-OH is 4. The molecule has 5 N–H and O–H groups in total. The molecule has 0 aliphatic rings. The number of nitriles is 1. The van der Waals surface area contributed by atoms with Crippen molar-refractivity contribution in [2.45, 2.75) is 24.7 Å². The molecule has 0 aliphatic carbocycles. The Balaban J connectivity index is 4.27. The predicted molar refractivity (Wildman–Crippen MR) is 62.1 cm³/mol. The summed E-state index contributed by atoms with van der Waals surface area (Å²) in [5.74, 6) is -1.19. The van der Waals surface area contributed by atoms with E-state index in [1.165, 1.54) is 0 Å². The molecule has 1 unspecified atom stereocenters. The van der Waals surface area contributed by atoms with Gasteiger partial charge < -0.3 is 25.3 Å². The van der Waals surface area contributed by atoms with E-state index in [0.29, 0.717) is 0 Å². The van der Waals surface area contributed by atoms with E-state index < -0.39 is 45.1 Å². The Labute approximate surface area is 114 Å². The normalized spacial score (nSPS) is 18.6. The van der Waals surface area contributed by atoms with Crippen LogP contribution in [0.5, 0.6) is 0 Å². The summed E-state index contributed by atoms with van der Waals surface area (Å²) in [6, 6.07) is 1.65. The number of aliphatic hydroxyl groups is 4. The zero-order chi connectivity index (χ0) is 15.8. The zero-order valence-corrected chi connectivity index (χ0v) is 11.2. The van der Waals surface area contributed by atoms with Crippen molar-refractivity contribution in [2.24, 2.45) is 0 Å². The van der Waals surface area contributed by atoms with Crippen LogP contribution in [0.25, 0.3) is 0 Å². The van der Waals surface area contributed by atoms with Crippen molar-refractivity contribution < 1.29 is 43.7 Å². The maximum Gasteiger partial charge on any atom is 0.472 e. The lowest BCUT2D eigenvalue weighted by Gasteiger charge is -2.20. The lowest BCUT2D eigenvalue weighted by Crippen LogP contribution is -2.45. The van der Waals surface area contributed by atoms with Crippen LogP contribution in [0, 0.1) is 11.3 Å². The minimum absolute atomic E-state index is 0.161. The molecule has 0 fully saturated rings. The molecule has 116 valence electrons.